The zero-order valence-electron chi connectivity index (χ0n) is 16.7. The number of hydrogen-bond donors (Lipinski definition) is 1. The maximum atomic E-state index is 12.4. The average molecular weight is 451 g/mol. The summed E-state index contributed by atoms with van der Waals surface area (Å²) in [5, 5.41) is 8.42. The number of nitrogens with two attached hydrogens (primary N) is 1. The summed E-state index contributed by atoms with van der Waals surface area (Å²) in [6.07, 6.45) is 1.59. The fourth-order valence-corrected chi connectivity index (χ4v) is 5.99. The summed E-state index contributed by atoms with van der Waals surface area (Å²) in [7, 11) is 0. The number of rotatable bonds is 8. The lowest BCUT2D eigenvalue weighted by molar-refractivity contribution is -0.132. The third-order valence-corrected chi connectivity index (χ3v) is 8.14. The van der Waals surface area contributed by atoms with Crippen LogP contribution in [0.2, 0.25) is 0 Å². The fraction of sp³-hybridized carbons (Fsp3) is 0.500. The van der Waals surface area contributed by atoms with Gasteiger partial charge in [-0.25, -0.2) is 0 Å². The van der Waals surface area contributed by atoms with Crippen molar-refractivity contribution < 1.29 is 9.59 Å². The van der Waals surface area contributed by atoms with Crippen molar-refractivity contribution >= 4 is 46.7 Å². The van der Waals surface area contributed by atoms with Crippen molar-refractivity contribution in [3.63, 3.8) is 0 Å². The second-order valence-electron chi connectivity index (χ2n) is 7.39. The van der Waals surface area contributed by atoms with Gasteiger partial charge in [-0.3, -0.25) is 9.59 Å². The van der Waals surface area contributed by atoms with Gasteiger partial charge in [-0.15, -0.1) is 10.2 Å². The predicted molar refractivity (Wildman–Crippen MR) is 119 cm³/mol. The van der Waals surface area contributed by atoms with Gasteiger partial charge in [-0.2, -0.15) is 0 Å². The number of piperidine rings is 1. The molecule has 29 heavy (non-hydrogen) atoms. The van der Waals surface area contributed by atoms with Crippen LogP contribution in [0.3, 0.4) is 0 Å². The van der Waals surface area contributed by atoms with Crippen LogP contribution >= 0.6 is 34.9 Å². The van der Waals surface area contributed by atoms with E-state index in [2.05, 4.69) is 48.3 Å². The molecule has 1 aromatic carbocycles. The lowest BCUT2D eigenvalue weighted by atomic mass is 9.97. The Morgan fingerprint density at radius 1 is 1.21 bits per heavy atom. The van der Waals surface area contributed by atoms with Crippen LogP contribution in [0.15, 0.2) is 32.9 Å². The molecule has 1 saturated heterocycles. The molecule has 1 atom stereocenters. The highest BCUT2D eigenvalue weighted by atomic mass is 32.2. The van der Waals surface area contributed by atoms with E-state index in [4.69, 9.17) is 5.73 Å². The van der Waals surface area contributed by atoms with Crippen LogP contribution in [-0.4, -0.2) is 45.8 Å². The third kappa shape index (κ3) is 6.45. The standard InChI is InChI=1S/C20H26N4O2S3/c1-13(2)15-7-5-14(6-8-15)11-27-19-22-23-20(29-19)28-12-17(25)24-9-3-4-16(10-24)18(21)26/h5-8,13,16H,3-4,9-12H2,1-2H3,(H2,21,26). The number of amides is 2. The Balaban J connectivity index is 1.45. The minimum atomic E-state index is -0.320. The maximum absolute atomic E-state index is 12.4. The molecule has 156 valence electrons. The zero-order chi connectivity index (χ0) is 20.8. The first-order valence-electron chi connectivity index (χ1n) is 9.67. The first kappa shape index (κ1) is 22.1. The van der Waals surface area contributed by atoms with Crippen molar-refractivity contribution in [3.05, 3.63) is 35.4 Å². The summed E-state index contributed by atoms with van der Waals surface area (Å²) in [5.74, 6) is 1.17. The molecule has 0 saturated carbocycles. The molecular weight excluding hydrogens is 424 g/mol. The van der Waals surface area contributed by atoms with Gasteiger partial charge in [0.05, 0.1) is 11.7 Å². The summed E-state index contributed by atoms with van der Waals surface area (Å²) >= 11 is 4.58. The molecular formula is C20H26N4O2S3. The highest BCUT2D eigenvalue weighted by Gasteiger charge is 2.27. The number of likely N-dealkylation sites (tertiary alicyclic amines) is 1. The summed E-state index contributed by atoms with van der Waals surface area (Å²) in [6.45, 7) is 5.50. The number of thioether (sulfide) groups is 2. The van der Waals surface area contributed by atoms with Gasteiger partial charge < -0.3 is 10.6 Å². The Morgan fingerprint density at radius 2 is 1.90 bits per heavy atom. The van der Waals surface area contributed by atoms with E-state index in [1.54, 1.807) is 16.7 Å². The SMILES string of the molecule is CC(C)c1ccc(CSc2nnc(SCC(=O)N3CCCC(C(N)=O)C3)s2)cc1. The van der Waals surface area contributed by atoms with Crippen molar-refractivity contribution in [3.8, 4) is 0 Å². The molecule has 1 aromatic heterocycles. The van der Waals surface area contributed by atoms with Gasteiger partial charge in [-0.1, -0.05) is 73.0 Å². The number of hydrogen-bond acceptors (Lipinski definition) is 7. The van der Waals surface area contributed by atoms with Gasteiger partial charge in [0, 0.05) is 18.8 Å². The predicted octanol–water partition coefficient (Wildman–Crippen LogP) is 3.77. The number of primary amides is 1. The molecule has 1 fully saturated rings. The lowest BCUT2D eigenvalue weighted by Crippen LogP contribution is -2.44. The summed E-state index contributed by atoms with van der Waals surface area (Å²) in [6, 6.07) is 8.68. The maximum Gasteiger partial charge on any atom is 0.233 e. The minimum Gasteiger partial charge on any atom is -0.369 e. The molecule has 9 heteroatoms. The molecule has 2 heterocycles. The second kappa shape index (κ2) is 10.4. The van der Waals surface area contributed by atoms with E-state index in [-0.39, 0.29) is 17.7 Å². The van der Waals surface area contributed by atoms with Gasteiger partial charge in [0.2, 0.25) is 11.8 Å². The summed E-state index contributed by atoms with van der Waals surface area (Å²) < 4.78 is 1.69. The number of carbonyl (C=O) groups excluding carboxylic acids is 2. The normalized spacial score (nSPS) is 16.9. The van der Waals surface area contributed by atoms with Crippen LogP contribution in [0.4, 0.5) is 0 Å². The number of nitrogens with zero attached hydrogens (tertiary/aromatic N) is 3. The van der Waals surface area contributed by atoms with E-state index in [1.807, 2.05) is 0 Å². The van der Waals surface area contributed by atoms with Crippen molar-refractivity contribution in [2.45, 2.75) is 47.0 Å². The Labute approximate surface area is 184 Å². The number of carbonyl (C=O) groups is 2. The first-order chi connectivity index (χ1) is 13.9. The summed E-state index contributed by atoms with van der Waals surface area (Å²) in [5.41, 5.74) is 7.99. The quantitative estimate of drug-likeness (QED) is 0.616. The summed E-state index contributed by atoms with van der Waals surface area (Å²) in [4.78, 5) is 25.6. The molecule has 2 amide bonds. The molecule has 0 aliphatic carbocycles. The Morgan fingerprint density at radius 3 is 2.55 bits per heavy atom. The molecule has 2 N–H and O–H groups in total. The van der Waals surface area contributed by atoms with E-state index in [9.17, 15) is 9.59 Å². The van der Waals surface area contributed by atoms with E-state index in [0.717, 1.165) is 27.3 Å². The number of aromatic nitrogens is 2. The monoisotopic (exact) mass is 450 g/mol. The van der Waals surface area contributed by atoms with E-state index < -0.39 is 0 Å². The molecule has 3 rings (SSSR count). The van der Waals surface area contributed by atoms with Crippen LogP contribution in [0.25, 0.3) is 0 Å². The van der Waals surface area contributed by atoms with Gasteiger partial charge >= 0.3 is 0 Å². The van der Waals surface area contributed by atoms with Gasteiger partial charge in [0.1, 0.15) is 0 Å². The Bertz CT molecular complexity index is 839. The van der Waals surface area contributed by atoms with Crippen LogP contribution in [-0.2, 0) is 15.3 Å². The van der Waals surface area contributed by atoms with E-state index in [0.29, 0.717) is 24.8 Å². The molecule has 0 radical (unpaired) electrons. The molecule has 0 bridgehead atoms. The Hall–Kier alpha value is -1.58. The van der Waals surface area contributed by atoms with Crippen LogP contribution in [0, 0.1) is 5.92 Å². The van der Waals surface area contributed by atoms with Crippen molar-refractivity contribution in [2.75, 3.05) is 18.8 Å². The van der Waals surface area contributed by atoms with Crippen molar-refractivity contribution in [2.24, 2.45) is 11.7 Å². The van der Waals surface area contributed by atoms with Crippen molar-refractivity contribution in [1.29, 1.82) is 0 Å². The highest BCUT2D eigenvalue weighted by Crippen LogP contribution is 2.31. The fourth-order valence-electron chi connectivity index (χ4n) is 3.11. The van der Waals surface area contributed by atoms with Gasteiger partial charge in [0.25, 0.3) is 0 Å². The zero-order valence-corrected chi connectivity index (χ0v) is 19.1. The third-order valence-electron chi connectivity index (χ3n) is 4.89. The smallest absolute Gasteiger partial charge is 0.233 e. The molecule has 1 unspecified atom stereocenters. The largest absolute Gasteiger partial charge is 0.369 e. The lowest BCUT2D eigenvalue weighted by Gasteiger charge is -2.31. The molecule has 0 spiro atoms. The first-order valence-corrected chi connectivity index (χ1v) is 12.5. The van der Waals surface area contributed by atoms with Gasteiger partial charge in [-0.05, 0) is 29.9 Å². The van der Waals surface area contributed by atoms with Crippen molar-refractivity contribution in [1.82, 2.24) is 15.1 Å². The molecule has 1 aliphatic rings. The average Bonchev–Trinajstić information content (AvgIpc) is 3.18. The van der Waals surface area contributed by atoms with Crippen LogP contribution < -0.4 is 5.73 Å². The number of benzene rings is 1. The van der Waals surface area contributed by atoms with E-state index >= 15 is 0 Å². The van der Waals surface area contributed by atoms with Crippen LogP contribution in [0.5, 0.6) is 0 Å². The second-order valence-corrected chi connectivity index (χ2v) is 10.8. The van der Waals surface area contributed by atoms with Crippen LogP contribution in [0.1, 0.15) is 43.7 Å². The minimum absolute atomic E-state index is 0.0237. The molecule has 2 aromatic rings. The Kier molecular flexibility index (Phi) is 7.97. The van der Waals surface area contributed by atoms with E-state index in [1.165, 1.54) is 34.2 Å². The van der Waals surface area contributed by atoms with Gasteiger partial charge in [0.15, 0.2) is 8.68 Å². The molecule has 6 nitrogen and oxygen atoms in total. The topological polar surface area (TPSA) is 89.2 Å². The molecule has 1 aliphatic heterocycles. The highest BCUT2D eigenvalue weighted by molar-refractivity contribution is 8.03.